The minimum absolute atomic E-state index is 0.375. The zero-order valence-electron chi connectivity index (χ0n) is 16.6. The lowest BCUT2D eigenvalue weighted by atomic mass is 10.1. The lowest BCUT2D eigenvalue weighted by Gasteiger charge is -2.12. The molecule has 4 nitrogen and oxygen atoms in total. The van der Waals surface area contributed by atoms with Crippen molar-refractivity contribution in [1.29, 1.82) is 0 Å². The van der Waals surface area contributed by atoms with Crippen molar-refractivity contribution in [2.75, 3.05) is 6.61 Å². The molecule has 0 bridgehead atoms. The highest BCUT2D eigenvalue weighted by atomic mass is 35.5. The first-order valence-electron chi connectivity index (χ1n) is 9.62. The largest absolute Gasteiger partial charge is 0.492 e. The zero-order valence-corrected chi connectivity index (χ0v) is 17.3. The molecule has 1 aromatic heterocycles. The molecule has 0 atom stereocenters. The van der Waals surface area contributed by atoms with Gasteiger partial charge in [0.2, 0.25) is 0 Å². The Bertz CT molecular complexity index is 1100. The highest BCUT2D eigenvalue weighted by Crippen LogP contribution is 2.21. The Hall–Kier alpha value is -2.98. The van der Waals surface area contributed by atoms with Gasteiger partial charge in [-0.05, 0) is 73.5 Å². The van der Waals surface area contributed by atoms with Crippen molar-refractivity contribution in [3.8, 4) is 11.5 Å². The van der Waals surface area contributed by atoms with Crippen molar-refractivity contribution in [3.63, 3.8) is 0 Å². The normalized spacial score (nSPS) is 11.0. The van der Waals surface area contributed by atoms with Crippen LogP contribution in [0.4, 0.5) is 0 Å². The van der Waals surface area contributed by atoms with Gasteiger partial charge in [0.15, 0.2) is 0 Å². The second-order valence-corrected chi connectivity index (χ2v) is 7.52. The smallest absolute Gasteiger partial charge is 0.148 e. The van der Waals surface area contributed by atoms with Crippen molar-refractivity contribution in [2.45, 2.75) is 27.0 Å². The summed E-state index contributed by atoms with van der Waals surface area (Å²) in [5, 5.41) is 0.688. The van der Waals surface area contributed by atoms with Crippen LogP contribution in [-0.2, 0) is 13.2 Å². The molecule has 0 amide bonds. The van der Waals surface area contributed by atoms with E-state index in [9.17, 15) is 0 Å². The number of halogens is 1. The van der Waals surface area contributed by atoms with E-state index in [1.807, 2.05) is 42.5 Å². The van der Waals surface area contributed by atoms with Crippen LogP contribution < -0.4 is 9.47 Å². The molecule has 4 aromatic rings. The first-order chi connectivity index (χ1) is 14.1. The highest BCUT2D eigenvalue weighted by molar-refractivity contribution is 6.30. The summed E-state index contributed by atoms with van der Waals surface area (Å²) in [5.41, 5.74) is 4.43. The fraction of sp³-hybridized carbons (Fsp3) is 0.208. The first-order valence-corrected chi connectivity index (χ1v) is 10.00. The second kappa shape index (κ2) is 8.58. The summed E-state index contributed by atoms with van der Waals surface area (Å²) < 4.78 is 14.1. The lowest BCUT2D eigenvalue weighted by molar-refractivity contribution is 0.272. The van der Waals surface area contributed by atoms with Crippen LogP contribution in [0.5, 0.6) is 11.5 Å². The molecular formula is C24H23ClN2O2. The fourth-order valence-electron chi connectivity index (χ4n) is 3.43. The molecule has 3 aromatic carbocycles. The number of nitrogens with zero attached hydrogens (tertiary/aromatic N) is 2. The molecule has 0 spiro atoms. The number of imidazole rings is 1. The van der Waals surface area contributed by atoms with Crippen LogP contribution in [0.15, 0.2) is 66.7 Å². The number of benzene rings is 3. The predicted molar refractivity (Wildman–Crippen MR) is 117 cm³/mol. The third kappa shape index (κ3) is 4.72. The van der Waals surface area contributed by atoms with Crippen LogP contribution in [-0.4, -0.2) is 16.2 Å². The maximum Gasteiger partial charge on any atom is 0.148 e. The molecule has 0 aliphatic heterocycles. The van der Waals surface area contributed by atoms with E-state index in [4.69, 9.17) is 26.1 Å². The molecule has 0 radical (unpaired) electrons. The van der Waals surface area contributed by atoms with E-state index < -0.39 is 0 Å². The number of rotatable bonds is 7. The Morgan fingerprint density at radius 3 is 2.34 bits per heavy atom. The summed E-state index contributed by atoms with van der Waals surface area (Å²) >= 11 is 5.95. The Kier molecular flexibility index (Phi) is 5.72. The van der Waals surface area contributed by atoms with E-state index in [1.165, 1.54) is 11.1 Å². The SMILES string of the molecule is Cc1cc(C)cc(OCCn2c(COc3ccc(Cl)cc3)nc3ccccc32)c1. The summed E-state index contributed by atoms with van der Waals surface area (Å²) in [4.78, 5) is 4.76. The quantitative estimate of drug-likeness (QED) is 0.379. The van der Waals surface area contributed by atoms with Crippen LogP contribution in [0.2, 0.25) is 5.02 Å². The summed E-state index contributed by atoms with van der Waals surface area (Å²) in [6.07, 6.45) is 0. The summed E-state index contributed by atoms with van der Waals surface area (Å²) in [5.74, 6) is 2.52. The molecule has 0 aliphatic carbocycles. The average molecular weight is 407 g/mol. The number of ether oxygens (including phenoxy) is 2. The van der Waals surface area contributed by atoms with Gasteiger partial charge in [0, 0.05) is 5.02 Å². The molecule has 0 aliphatic rings. The van der Waals surface area contributed by atoms with Crippen LogP contribution in [0.25, 0.3) is 11.0 Å². The van der Waals surface area contributed by atoms with Gasteiger partial charge in [-0.1, -0.05) is 29.8 Å². The van der Waals surface area contributed by atoms with Gasteiger partial charge in [0.25, 0.3) is 0 Å². The monoisotopic (exact) mass is 406 g/mol. The van der Waals surface area contributed by atoms with E-state index in [0.717, 1.165) is 28.4 Å². The lowest BCUT2D eigenvalue weighted by Crippen LogP contribution is -2.13. The van der Waals surface area contributed by atoms with Gasteiger partial charge in [-0.3, -0.25) is 0 Å². The number of aromatic nitrogens is 2. The van der Waals surface area contributed by atoms with Crippen molar-refractivity contribution < 1.29 is 9.47 Å². The third-order valence-corrected chi connectivity index (χ3v) is 4.95. The molecule has 0 unspecified atom stereocenters. The Labute approximate surface area is 175 Å². The minimum atomic E-state index is 0.375. The predicted octanol–water partition coefficient (Wildman–Crippen LogP) is 5.96. The fourth-order valence-corrected chi connectivity index (χ4v) is 3.56. The Morgan fingerprint density at radius 1 is 0.862 bits per heavy atom. The average Bonchev–Trinajstić information content (AvgIpc) is 3.05. The Morgan fingerprint density at radius 2 is 1.59 bits per heavy atom. The highest BCUT2D eigenvalue weighted by Gasteiger charge is 2.11. The van der Waals surface area contributed by atoms with E-state index in [2.05, 4.69) is 42.7 Å². The number of aryl methyl sites for hydroxylation is 2. The second-order valence-electron chi connectivity index (χ2n) is 7.08. The molecule has 0 saturated heterocycles. The van der Waals surface area contributed by atoms with E-state index in [1.54, 1.807) is 0 Å². The topological polar surface area (TPSA) is 36.3 Å². The van der Waals surface area contributed by atoms with E-state index in [0.29, 0.717) is 24.8 Å². The molecule has 148 valence electrons. The van der Waals surface area contributed by atoms with Gasteiger partial charge in [0.05, 0.1) is 17.6 Å². The number of hydrogen-bond acceptors (Lipinski definition) is 3. The van der Waals surface area contributed by atoms with Gasteiger partial charge < -0.3 is 14.0 Å². The van der Waals surface area contributed by atoms with Crippen LogP contribution >= 0.6 is 11.6 Å². The maximum atomic E-state index is 6.02. The molecule has 0 fully saturated rings. The number of fused-ring (bicyclic) bond motifs is 1. The van der Waals surface area contributed by atoms with Gasteiger partial charge in [-0.2, -0.15) is 0 Å². The summed E-state index contributed by atoms with van der Waals surface area (Å²) in [7, 11) is 0. The Balaban J connectivity index is 1.50. The number of para-hydroxylation sites is 2. The molecule has 29 heavy (non-hydrogen) atoms. The molecule has 1 heterocycles. The van der Waals surface area contributed by atoms with Crippen LogP contribution in [0, 0.1) is 13.8 Å². The molecule has 0 N–H and O–H groups in total. The van der Waals surface area contributed by atoms with Gasteiger partial charge in [-0.25, -0.2) is 4.98 Å². The van der Waals surface area contributed by atoms with E-state index >= 15 is 0 Å². The zero-order chi connectivity index (χ0) is 20.2. The standard InChI is InChI=1S/C24H23ClN2O2/c1-17-13-18(2)15-21(14-17)28-12-11-27-23-6-4-3-5-22(23)26-24(27)16-29-20-9-7-19(25)8-10-20/h3-10,13-15H,11-12,16H2,1-2H3. The van der Waals surface area contributed by atoms with Gasteiger partial charge in [-0.15, -0.1) is 0 Å². The summed E-state index contributed by atoms with van der Waals surface area (Å²) in [6, 6.07) is 21.7. The molecule has 5 heteroatoms. The van der Waals surface area contributed by atoms with Crippen molar-refractivity contribution in [1.82, 2.24) is 9.55 Å². The van der Waals surface area contributed by atoms with Gasteiger partial charge >= 0.3 is 0 Å². The maximum absolute atomic E-state index is 6.02. The van der Waals surface area contributed by atoms with E-state index in [-0.39, 0.29) is 0 Å². The molecule has 0 saturated carbocycles. The molecule has 4 rings (SSSR count). The molecular weight excluding hydrogens is 384 g/mol. The number of hydrogen-bond donors (Lipinski definition) is 0. The van der Waals surface area contributed by atoms with Crippen molar-refractivity contribution in [3.05, 3.63) is 88.7 Å². The van der Waals surface area contributed by atoms with Crippen molar-refractivity contribution >= 4 is 22.6 Å². The first kappa shape index (κ1) is 19.3. The van der Waals surface area contributed by atoms with Gasteiger partial charge in [0.1, 0.15) is 30.5 Å². The van der Waals surface area contributed by atoms with Crippen LogP contribution in [0.3, 0.4) is 0 Å². The summed E-state index contributed by atoms with van der Waals surface area (Å²) in [6.45, 7) is 5.77. The van der Waals surface area contributed by atoms with Crippen LogP contribution in [0.1, 0.15) is 17.0 Å². The minimum Gasteiger partial charge on any atom is -0.492 e. The third-order valence-electron chi connectivity index (χ3n) is 4.69. The van der Waals surface area contributed by atoms with Crippen molar-refractivity contribution in [2.24, 2.45) is 0 Å².